The van der Waals surface area contributed by atoms with Gasteiger partial charge in [-0.3, -0.25) is 0 Å². The molecular weight excluding hydrogens is 490 g/mol. The highest BCUT2D eigenvalue weighted by Crippen LogP contribution is 2.33. The van der Waals surface area contributed by atoms with E-state index in [-0.39, 0.29) is 31.1 Å². The highest BCUT2D eigenvalue weighted by atomic mass is 35.5. The molecule has 0 aliphatic carbocycles. The van der Waals surface area contributed by atoms with Gasteiger partial charge in [0.1, 0.15) is 13.2 Å². The number of ether oxygens (including phenoxy) is 3. The van der Waals surface area contributed by atoms with Crippen molar-refractivity contribution < 1.29 is 36.3 Å². The van der Waals surface area contributed by atoms with Crippen LogP contribution in [0.3, 0.4) is 0 Å². The van der Waals surface area contributed by atoms with Gasteiger partial charge in [-0.05, 0) is 75.0 Å². The lowest BCUT2D eigenvalue weighted by molar-refractivity contribution is -0.895. The minimum atomic E-state index is -0.270. The van der Waals surface area contributed by atoms with E-state index in [0.717, 1.165) is 37.2 Å². The van der Waals surface area contributed by atoms with Gasteiger partial charge in [-0.15, -0.1) is 0 Å². The van der Waals surface area contributed by atoms with Gasteiger partial charge in [0.25, 0.3) is 0 Å². The van der Waals surface area contributed by atoms with Crippen molar-refractivity contribution in [2.24, 2.45) is 0 Å². The van der Waals surface area contributed by atoms with E-state index in [1.54, 1.807) is 22.7 Å². The molecule has 1 fully saturated rings. The number of esters is 1. The molecule has 0 radical (unpaired) electrons. The molecule has 2 aromatic heterocycles. The van der Waals surface area contributed by atoms with Crippen LogP contribution in [-0.4, -0.2) is 44.9 Å². The van der Waals surface area contributed by atoms with Crippen molar-refractivity contribution in [1.82, 2.24) is 0 Å². The summed E-state index contributed by atoms with van der Waals surface area (Å²) < 4.78 is 17.2. The number of thiophene rings is 2. The van der Waals surface area contributed by atoms with Crippen LogP contribution in [0.1, 0.15) is 29.5 Å². The second-order valence-electron chi connectivity index (χ2n) is 8.61. The number of hydrogen-bond donors (Lipinski definition) is 1. The number of nitrogens with one attached hydrogen (secondary N) is 1. The van der Waals surface area contributed by atoms with Crippen LogP contribution in [0.4, 0.5) is 0 Å². The van der Waals surface area contributed by atoms with Crippen molar-refractivity contribution in [3.05, 3.63) is 74.1 Å². The van der Waals surface area contributed by atoms with Gasteiger partial charge >= 0.3 is 5.97 Å². The number of quaternary nitrogens is 1. The summed E-state index contributed by atoms with van der Waals surface area (Å²) in [5.74, 6) is 1.29. The second kappa shape index (κ2) is 11.4. The van der Waals surface area contributed by atoms with Crippen LogP contribution >= 0.6 is 22.7 Å². The lowest BCUT2D eigenvalue weighted by atomic mass is 9.91. The number of fused-ring (bicyclic) bond motifs is 1. The molecule has 2 aliphatic rings. The van der Waals surface area contributed by atoms with Crippen LogP contribution in [0.5, 0.6) is 11.5 Å². The van der Waals surface area contributed by atoms with Crippen LogP contribution in [0.2, 0.25) is 0 Å². The number of carbonyl (C=O) groups excluding carboxylic acids is 1. The molecule has 1 aromatic carbocycles. The Morgan fingerprint density at radius 1 is 1.06 bits per heavy atom. The largest absolute Gasteiger partial charge is 1.00 e. The van der Waals surface area contributed by atoms with E-state index in [0.29, 0.717) is 18.9 Å². The average molecular weight is 518 g/mol. The Labute approximate surface area is 214 Å². The van der Waals surface area contributed by atoms with E-state index in [1.807, 2.05) is 25.1 Å². The molecule has 1 N–H and O–H groups in total. The number of carbonyl (C=O) groups is 1. The van der Waals surface area contributed by atoms with Crippen molar-refractivity contribution in [1.29, 1.82) is 0 Å². The van der Waals surface area contributed by atoms with Crippen molar-refractivity contribution in [2.75, 3.05) is 32.8 Å². The predicted octanol–water partition coefficient (Wildman–Crippen LogP) is 0.986. The maximum absolute atomic E-state index is 12.5. The van der Waals surface area contributed by atoms with Gasteiger partial charge in [0.15, 0.2) is 24.1 Å². The van der Waals surface area contributed by atoms with Crippen molar-refractivity contribution in [3.8, 4) is 11.5 Å². The third-order valence-corrected chi connectivity index (χ3v) is 7.54. The molecule has 5 nitrogen and oxygen atoms in total. The number of likely N-dealkylation sites (tertiary alicyclic amines) is 1. The van der Waals surface area contributed by atoms with Gasteiger partial charge in [-0.2, -0.15) is 22.7 Å². The number of halogens is 1. The summed E-state index contributed by atoms with van der Waals surface area (Å²) in [6.07, 6.45) is 1.73. The first-order chi connectivity index (χ1) is 16.2. The Morgan fingerprint density at radius 2 is 1.76 bits per heavy atom. The average Bonchev–Trinajstić information content (AvgIpc) is 3.54. The standard InChI is InChI=1S/C26H27NO4S2.ClH/c1-18-2-3-23-24(12-18)29-14-22(31-23)15-30-25(28)13-27-8-4-19(5-9-27)26(20-6-10-32-16-20)21-7-11-33-17-21;/h2-3,6-7,10-12,16-17,22H,4-5,8-9,13-15H2,1H3;1H. The summed E-state index contributed by atoms with van der Waals surface area (Å²) in [4.78, 5) is 13.8. The number of benzene rings is 1. The summed E-state index contributed by atoms with van der Waals surface area (Å²) >= 11 is 3.47. The number of aryl methyl sites for hydroxylation is 1. The normalized spacial score (nSPS) is 19.3. The monoisotopic (exact) mass is 517 g/mol. The minimum Gasteiger partial charge on any atom is -1.00 e. The fourth-order valence-corrected chi connectivity index (χ4v) is 5.76. The lowest BCUT2D eigenvalue weighted by Crippen LogP contribution is -3.13. The molecule has 3 aromatic rings. The summed E-state index contributed by atoms with van der Waals surface area (Å²) in [5, 5.41) is 8.74. The quantitative estimate of drug-likeness (QED) is 0.495. The van der Waals surface area contributed by atoms with Gasteiger partial charge in [0, 0.05) is 12.8 Å². The van der Waals surface area contributed by atoms with E-state index in [9.17, 15) is 4.79 Å². The van der Waals surface area contributed by atoms with Gasteiger partial charge in [-0.1, -0.05) is 11.6 Å². The van der Waals surface area contributed by atoms with E-state index < -0.39 is 0 Å². The Bertz CT molecular complexity index is 1080. The SMILES string of the molecule is Cc1ccc2c(c1)OCC(COC(=O)C[NH+]1CCC(=C(c3ccsc3)c3ccsc3)CC1)O2.[Cl-]. The molecular formula is C26H28ClNO4S2. The van der Waals surface area contributed by atoms with E-state index in [1.165, 1.54) is 27.2 Å². The van der Waals surface area contributed by atoms with Gasteiger partial charge in [0.05, 0.1) is 13.1 Å². The first-order valence-corrected chi connectivity index (χ1v) is 13.2. The first-order valence-electron chi connectivity index (χ1n) is 11.3. The molecule has 2 aliphatic heterocycles. The van der Waals surface area contributed by atoms with E-state index in [4.69, 9.17) is 14.2 Å². The summed E-state index contributed by atoms with van der Waals surface area (Å²) in [6, 6.07) is 10.3. The molecule has 180 valence electrons. The molecule has 5 rings (SSSR count). The Balaban J connectivity index is 0.00000274. The topological polar surface area (TPSA) is 49.2 Å². The molecule has 8 heteroatoms. The molecule has 34 heavy (non-hydrogen) atoms. The van der Waals surface area contributed by atoms with Crippen LogP contribution in [-0.2, 0) is 9.53 Å². The Kier molecular flexibility index (Phi) is 8.32. The van der Waals surface area contributed by atoms with Crippen molar-refractivity contribution in [3.63, 3.8) is 0 Å². The van der Waals surface area contributed by atoms with Crippen LogP contribution in [0.15, 0.2) is 57.4 Å². The molecule has 1 saturated heterocycles. The van der Waals surface area contributed by atoms with Gasteiger partial charge in [-0.25, -0.2) is 4.79 Å². The predicted molar refractivity (Wildman–Crippen MR) is 132 cm³/mol. The maximum Gasteiger partial charge on any atom is 0.361 e. The van der Waals surface area contributed by atoms with Gasteiger partial charge < -0.3 is 31.5 Å². The highest BCUT2D eigenvalue weighted by molar-refractivity contribution is 7.08. The molecule has 0 saturated carbocycles. The fraction of sp³-hybridized carbons (Fsp3) is 0.346. The molecule has 0 bridgehead atoms. The van der Waals surface area contributed by atoms with Gasteiger partial charge in [0.2, 0.25) is 0 Å². The third kappa shape index (κ3) is 5.84. The third-order valence-electron chi connectivity index (χ3n) is 6.18. The van der Waals surface area contributed by atoms with E-state index >= 15 is 0 Å². The molecule has 0 spiro atoms. The lowest BCUT2D eigenvalue weighted by Gasteiger charge is -2.28. The first kappa shape index (κ1) is 24.8. The number of piperidine rings is 1. The zero-order valence-electron chi connectivity index (χ0n) is 19.1. The Hall–Kier alpha value is -2.32. The zero-order chi connectivity index (χ0) is 22.6. The minimum absolute atomic E-state index is 0. The van der Waals surface area contributed by atoms with Crippen LogP contribution < -0.4 is 26.8 Å². The summed E-state index contributed by atoms with van der Waals surface area (Å²) in [7, 11) is 0. The van der Waals surface area contributed by atoms with Crippen LogP contribution in [0.25, 0.3) is 5.57 Å². The zero-order valence-corrected chi connectivity index (χ0v) is 21.4. The van der Waals surface area contributed by atoms with E-state index in [2.05, 4.69) is 33.7 Å². The van der Waals surface area contributed by atoms with Crippen molar-refractivity contribution in [2.45, 2.75) is 25.9 Å². The molecule has 1 atom stereocenters. The highest BCUT2D eigenvalue weighted by Gasteiger charge is 2.26. The fourth-order valence-electron chi connectivity index (χ4n) is 4.47. The number of hydrogen-bond acceptors (Lipinski definition) is 6. The Morgan fingerprint density at radius 3 is 2.41 bits per heavy atom. The second-order valence-corrected chi connectivity index (χ2v) is 10.2. The molecule has 1 unspecified atom stereocenters. The summed E-state index contributed by atoms with van der Waals surface area (Å²) in [6.45, 7) is 4.90. The molecule has 4 heterocycles. The number of rotatable bonds is 6. The van der Waals surface area contributed by atoms with Crippen LogP contribution in [0, 0.1) is 6.92 Å². The smallest absolute Gasteiger partial charge is 0.361 e. The molecule has 0 amide bonds. The summed E-state index contributed by atoms with van der Waals surface area (Å²) in [5.41, 5.74) is 6.61. The van der Waals surface area contributed by atoms with Crippen molar-refractivity contribution >= 4 is 34.2 Å². The maximum atomic E-state index is 12.5.